The number of aromatic nitrogens is 2. The molecule has 7 heteroatoms. The van der Waals surface area contributed by atoms with Gasteiger partial charge in [-0.3, -0.25) is 9.59 Å². The number of H-pyrrole nitrogens is 1. The third kappa shape index (κ3) is 4.06. The van der Waals surface area contributed by atoms with Crippen LogP contribution in [0.1, 0.15) is 29.9 Å². The van der Waals surface area contributed by atoms with Crippen LogP contribution in [-0.4, -0.2) is 35.2 Å². The smallest absolute Gasteiger partial charge is 0.267 e. The summed E-state index contributed by atoms with van der Waals surface area (Å²) < 4.78 is 13.1. The van der Waals surface area contributed by atoms with Crippen molar-refractivity contribution in [2.24, 2.45) is 7.05 Å². The van der Waals surface area contributed by atoms with Gasteiger partial charge in [-0.1, -0.05) is 24.3 Å². The van der Waals surface area contributed by atoms with Gasteiger partial charge in [-0.05, 0) is 50.1 Å². The van der Waals surface area contributed by atoms with Crippen molar-refractivity contribution in [3.05, 3.63) is 70.1 Å². The van der Waals surface area contributed by atoms with Crippen LogP contribution < -0.4 is 20.3 Å². The maximum atomic E-state index is 12.9. The summed E-state index contributed by atoms with van der Waals surface area (Å²) in [5.41, 5.74) is 2.78. The Morgan fingerprint density at radius 3 is 2.53 bits per heavy atom. The number of ether oxygens (including phenoxy) is 2. The zero-order chi connectivity index (χ0) is 22.7. The molecule has 166 valence electrons. The van der Waals surface area contributed by atoms with Crippen molar-refractivity contribution in [2.45, 2.75) is 20.3 Å². The van der Waals surface area contributed by atoms with Crippen molar-refractivity contribution in [3.8, 4) is 11.5 Å². The van der Waals surface area contributed by atoms with Crippen LogP contribution in [0.15, 0.2) is 53.3 Å². The fourth-order valence-corrected chi connectivity index (χ4v) is 3.97. The van der Waals surface area contributed by atoms with Crippen molar-refractivity contribution in [3.63, 3.8) is 0 Å². The number of para-hydroxylation sites is 1. The minimum Gasteiger partial charge on any atom is -0.490 e. The Bertz CT molecular complexity index is 1340. The number of aryl methyl sites for hydroxylation is 1. The highest BCUT2D eigenvalue weighted by atomic mass is 16.5. The van der Waals surface area contributed by atoms with Gasteiger partial charge in [0, 0.05) is 19.0 Å². The maximum absolute atomic E-state index is 12.9. The van der Waals surface area contributed by atoms with E-state index in [0.717, 1.165) is 27.7 Å². The second-order valence-electron chi connectivity index (χ2n) is 7.50. The van der Waals surface area contributed by atoms with Gasteiger partial charge < -0.3 is 24.3 Å². The van der Waals surface area contributed by atoms with Crippen molar-refractivity contribution in [1.29, 1.82) is 0 Å². The van der Waals surface area contributed by atoms with Crippen molar-refractivity contribution < 1.29 is 14.3 Å². The lowest BCUT2D eigenvalue weighted by Gasteiger charge is -2.13. The predicted molar refractivity (Wildman–Crippen MR) is 126 cm³/mol. The summed E-state index contributed by atoms with van der Waals surface area (Å²) in [6.45, 7) is 5.44. The van der Waals surface area contributed by atoms with Crippen LogP contribution in [0.2, 0.25) is 0 Å². The van der Waals surface area contributed by atoms with Crippen LogP contribution in [0.3, 0.4) is 0 Å². The minimum absolute atomic E-state index is 0.203. The standard InChI is InChI=1S/C25H27N3O4/c1-4-31-21-11-10-16(14-22(21)32-5-2)12-13-26-25(30)20-15-18-23(28(20)3)17-8-6-7-9-19(17)27-24(18)29/h6-11,14-15H,4-5,12-13H2,1-3H3,(H,26,30)(H,27,29). The number of carbonyl (C=O) groups excluding carboxylic acids is 1. The van der Waals surface area contributed by atoms with Gasteiger partial charge in [0.25, 0.3) is 11.5 Å². The zero-order valence-electron chi connectivity index (χ0n) is 18.5. The highest BCUT2D eigenvalue weighted by Gasteiger charge is 2.17. The van der Waals surface area contributed by atoms with E-state index in [1.165, 1.54) is 0 Å². The summed E-state index contributed by atoms with van der Waals surface area (Å²) in [5, 5.41) is 4.37. The number of nitrogens with one attached hydrogen (secondary N) is 2. The molecule has 0 atom stereocenters. The van der Waals surface area contributed by atoms with Gasteiger partial charge in [-0.15, -0.1) is 0 Å². The van der Waals surface area contributed by atoms with Gasteiger partial charge in [0.2, 0.25) is 0 Å². The van der Waals surface area contributed by atoms with Crippen molar-refractivity contribution in [2.75, 3.05) is 19.8 Å². The molecule has 0 saturated heterocycles. The molecule has 0 aliphatic carbocycles. The summed E-state index contributed by atoms with van der Waals surface area (Å²) in [7, 11) is 1.81. The van der Waals surface area contributed by atoms with E-state index in [-0.39, 0.29) is 11.5 Å². The van der Waals surface area contributed by atoms with E-state index in [4.69, 9.17) is 9.47 Å². The molecule has 32 heavy (non-hydrogen) atoms. The Hall–Kier alpha value is -3.74. The molecule has 0 aliphatic rings. The summed E-state index contributed by atoms with van der Waals surface area (Å²) in [4.78, 5) is 28.3. The molecule has 7 nitrogen and oxygen atoms in total. The number of fused-ring (bicyclic) bond motifs is 3. The molecule has 0 aliphatic heterocycles. The lowest BCUT2D eigenvalue weighted by atomic mass is 10.1. The van der Waals surface area contributed by atoms with Crippen LogP contribution in [0.25, 0.3) is 21.8 Å². The van der Waals surface area contributed by atoms with E-state index in [9.17, 15) is 9.59 Å². The average Bonchev–Trinajstić information content (AvgIpc) is 3.14. The summed E-state index contributed by atoms with van der Waals surface area (Å²) >= 11 is 0. The van der Waals surface area contributed by atoms with Crippen molar-refractivity contribution in [1.82, 2.24) is 14.9 Å². The average molecular weight is 434 g/mol. The third-order valence-electron chi connectivity index (χ3n) is 5.45. The Morgan fingerprint density at radius 2 is 1.75 bits per heavy atom. The topological polar surface area (TPSA) is 85.4 Å². The van der Waals surface area contributed by atoms with Gasteiger partial charge >= 0.3 is 0 Å². The monoisotopic (exact) mass is 433 g/mol. The van der Waals surface area contributed by atoms with Gasteiger partial charge in [0.05, 0.1) is 29.6 Å². The molecule has 0 fully saturated rings. The quantitative estimate of drug-likeness (QED) is 0.443. The van der Waals surface area contributed by atoms with Gasteiger partial charge in [0.15, 0.2) is 11.5 Å². The largest absolute Gasteiger partial charge is 0.490 e. The van der Waals surface area contributed by atoms with Crippen molar-refractivity contribution >= 4 is 27.7 Å². The van der Waals surface area contributed by atoms with E-state index >= 15 is 0 Å². The number of hydrogen-bond donors (Lipinski definition) is 2. The Labute approximate surface area is 186 Å². The van der Waals surface area contributed by atoms with Gasteiger partial charge in [-0.25, -0.2) is 0 Å². The molecule has 2 aromatic carbocycles. The second-order valence-corrected chi connectivity index (χ2v) is 7.50. The molecule has 4 rings (SSSR count). The number of nitrogens with zero attached hydrogens (tertiary/aromatic N) is 1. The Balaban J connectivity index is 1.52. The minimum atomic E-state index is -0.219. The number of pyridine rings is 1. The molecule has 0 spiro atoms. The highest BCUT2D eigenvalue weighted by Crippen LogP contribution is 2.29. The summed E-state index contributed by atoms with van der Waals surface area (Å²) in [6.07, 6.45) is 0.645. The molecule has 2 aromatic heterocycles. The first kappa shape index (κ1) is 21.5. The molecule has 2 heterocycles. The first-order valence-corrected chi connectivity index (χ1v) is 10.8. The molecule has 2 N–H and O–H groups in total. The third-order valence-corrected chi connectivity index (χ3v) is 5.45. The number of rotatable bonds is 8. The second kappa shape index (κ2) is 9.18. The zero-order valence-corrected chi connectivity index (χ0v) is 18.5. The van der Waals surface area contributed by atoms with Crippen LogP contribution in [0.4, 0.5) is 0 Å². The van der Waals surface area contributed by atoms with E-state index in [0.29, 0.717) is 43.0 Å². The van der Waals surface area contributed by atoms with Crippen LogP contribution in [0.5, 0.6) is 11.5 Å². The fraction of sp³-hybridized carbons (Fsp3) is 0.280. The highest BCUT2D eigenvalue weighted by molar-refractivity contribution is 6.07. The van der Waals surface area contributed by atoms with Gasteiger partial charge in [0.1, 0.15) is 5.69 Å². The molecule has 1 amide bonds. The number of aromatic amines is 1. The van der Waals surface area contributed by atoms with E-state index < -0.39 is 0 Å². The first-order valence-electron chi connectivity index (χ1n) is 10.8. The SMILES string of the molecule is CCOc1ccc(CCNC(=O)c2cc3c(=O)[nH]c4ccccc4c3n2C)cc1OCC. The first-order chi connectivity index (χ1) is 15.5. The molecule has 4 aromatic rings. The molecule has 0 bridgehead atoms. The van der Waals surface area contributed by atoms with Crippen LogP contribution in [0, 0.1) is 0 Å². The molecular weight excluding hydrogens is 406 g/mol. The number of carbonyl (C=O) groups is 1. The van der Waals surface area contributed by atoms with E-state index in [1.54, 1.807) is 10.6 Å². The molecule has 0 saturated carbocycles. The van der Waals surface area contributed by atoms with Crippen LogP contribution >= 0.6 is 0 Å². The lowest BCUT2D eigenvalue weighted by molar-refractivity contribution is 0.0946. The molecule has 0 radical (unpaired) electrons. The normalized spacial score (nSPS) is 11.1. The predicted octanol–water partition coefficient (Wildman–Crippen LogP) is 3.79. The Morgan fingerprint density at radius 1 is 1.00 bits per heavy atom. The van der Waals surface area contributed by atoms with E-state index in [1.807, 2.05) is 63.4 Å². The maximum Gasteiger partial charge on any atom is 0.267 e. The molecule has 0 unspecified atom stereocenters. The summed E-state index contributed by atoms with van der Waals surface area (Å²) in [6, 6.07) is 15.1. The lowest BCUT2D eigenvalue weighted by Crippen LogP contribution is -2.27. The van der Waals surface area contributed by atoms with Crippen LogP contribution in [-0.2, 0) is 13.5 Å². The summed E-state index contributed by atoms with van der Waals surface area (Å²) in [5.74, 6) is 1.20. The molecular formula is C25H27N3O4. The fourth-order valence-electron chi connectivity index (χ4n) is 3.97. The Kier molecular flexibility index (Phi) is 6.16. The van der Waals surface area contributed by atoms with Gasteiger partial charge in [-0.2, -0.15) is 0 Å². The number of amides is 1. The number of hydrogen-bond acceptors (Lipinski definition) is 4. The van der Waals surface area contributed by atoms with E-state index in [2.05, 4.69) is 10.3 Å². The number of benzene rings is 2.